The molecule has 2 aromatic heterocycles. The van der Waals surface area contributed by atoms with Crippen LogP contribution < -0.4 is 0 Å². The number of hydrogen-bond donors (Lipinski definition) is 0. The lowest BCUT2D eigenvalue weighted by Gasteiger charge is -2.18. The van der Waals surface area contributed by atoms with Crippen molar-refractivity contribution in [3.63, 3.8) is 0 Å². The van der Waals surface area contributed by atoms with Crippen LogP contribution in [0.1, 0.15) is 0 Å². The average molecular weight is 603 g/mol. The van der Waals surface area contributed by atoms with Crippen LogP contribution in [0.2, 0.25) is 0 Å². The molecule has 10 rings (SSSR count). The molecule has 0 saturated carbocycles. The van der Waals surface area contributed by atoms with E-state index in [2.05, 4.69) is 158 Å². The van der Waals surface area contributed by atoms with Crippen LogP contribution in [-0.4, -0.2) is 0 Å². The lowest BCUT2D eigenvalue weighted by molar-refractivity contribution is 0.669. The summed E-state index contributed by atoms with van der Waals surface area (Å²) in [5, 5.41) is 11.1. The number of rotatable bonds is 3. The lowest BCUT2D eigenvalue weighted by atomic mass is 9.84. The first-order chi connectivity index (χ1) is 22.8. The Bertz CT molecular complexity index is 2740. The first kappa shape index (κ1) is 25.6. The van der Waals surface area contributed by atoms with Crippen molar-refractivity contribution in [1.82, 2.24) is 0 Å². The minimum Gasteiger partial charge on any atom is -0.456 e. The summed E-state index contributed by atoms with van der Waals surface area (Å²) in [5.74, 6) is 0. The third kappa shape index (κ3) is 3.81. The molecule has 0 aliphatic heterocycles. The van der Waals surface area contributed by atoms with E-state index in [0.717, 1.165) is 21.9 Å². The van der Waals surface area contributed by atoms with Crippen LogP contribution in [0.5, 0.6) is 0 Å². The van der Waals surface area contributed by atoms with E-state index < -0.39 is 0 Å². The second-order valence-electron chi connectivity index (χ2n) is 12.0. The average Bonchev–Trinajstić information content (AvgIpc) is 3.70. The molecule has 1 nitrogen and oxygen atoms in total. The Morgan fingerprint density at radius 3 is 1.76 bits per heavy atom. The Kier molecular flexibility index (Phi) is 5.51. The molecular weight excluding hydrogens is 577 g/mol. The molecule has 2 heterocycles. The van der Waals surface area contributed by atoms with Crippen LogP contribution in [0.15, 0.2) is 162 Å². The Hall–Kier alpha value is -5.70. The molecule has 0 amide bonds. The molecule has 0 atom stereocenters. The van der Waals surface area contributed by atoms with Crippen LogP contribution in [0.3, 0.4) is 0 Å². The van der Waals surface area contributed by atoms with Gasteiger partial charge in [-0.1, -0.05) is 127 Å². The normalized spacial score (nSPS) is 11.9. The molecule has 0 radical (unpaired) electrons. The highest BCUT2D eigenvalue weighted by Crippen LogP contribution is 2.46. The summed E-state index contributed by atoms with van der Waals surface area (Å²) in [6.45, 7) is 0. The van der Waals surface area contributed by atoms with Gasteiger partial charge in [0.05, 0.1) is 0 Å². The van der Waals surface area contributed by atoms with Crippen LogP contribution in [0.4, 0.5) is 0 Å². The number of benzene rings is 8. The van der Waals surface area contributed by atoms with E-state index in [1.165, 1.54) is 75.1 Å². The fourth-order valence-electron chi connectivity index (χ4n) is 7.38. The quantitative estimate of drug-likeness (QED) is 0.183. The lowest BCUT2D eigenvalue weighted by Crippen LogP contribution is -1.91. The summed E-state index contributed by atoms with van der Waals surface area (Å²) < 4.78 is 7.71. The van der Waals surface area contributed by atoms with Crippen molar-refractivity contribution < 1.29 is 4.42 Å². The Labute approximate surface area is 269 Å². The van der Waals surface area contributed by atoms with Gasteiger partial charge in [-0.15, -0.1) is 11.3 Å². The fourth-order valence-corrected chi connectivity index (χ4v) is 8.46. The molecule has 0 spiro atoms. The second-order valence-corrected chi connectivity index (χ2v) is 13.1. The molecule has 46 heavy (non-hydrogen) atoms. The van der Waals surface area contributed by atoms with E-state index in [0.29, 0.717) is 0 Å². The van der Waals surface area contributed by atoms with Crippen molar-refractivity contribution in [1.29, 1.82) is 0 Å². The molecule has 0 aliphatic carbocycles. The van der Waals surface area contributed by atoms with Crippen LogP contribution in [0.25, 0.3) is 97.0 Å². The van der Waals surface area contributed by atoms with Gasteiger partial charge in [-0.3, -0.25) is 0 Å². The topological polar surface area (TPSA) is 13.1 Å². The van der Waals surface area contributed by atoms with Crippen molar-refractivity contribution in [3.05, 3.63) is 158 Å². The Morgan fingerprint density at radius 1 is 0.370 bits per heavy atom. The van der Waals surface area contributed by atoms with Gasteiger partial charge in [0.2, 0.25) is 0 Å². The van der Waals surface area contributed by atoms with E-state index in [1.807, 2.05) is 11.3 Å². The van der Waals surface area contributed by atoms with Gasteiger partial charge < -0.3 is 4.42 Å². The SMILES string of the molecule is c1ccc(-c2cc3cc4c(cc3s2)oc2ccc(-c3c5ccccc5c(-c5cccc6ccccc56)c5ccccc35)cc24)cc1. The highest BCUT2D eigenvalue weighted by molar-refractivity contribution is 7.22. The number of furan rings is 1. The van der Waals surface area contributed by atoms with Crippen molar-refractivity contribution in [2.24, 2.45) is 0 Å². The first-order valence-corrected chi connectivity index (χ1v) is 16.5. The molecule has 0 saturated heterocycles. The van der Waals surface area contributed by atoms with Gasteiger partial charge in [0.1, 0.15) is 11.2 Å². The highest BCUT2D eigenvalue weighted by atomic mass is 32.1. The zero-order chi connectivity index (χ0) is 30.2. The second kappa shape index (κ2) is 9.90. The predicted molar refractivity (Wildman–Crippen MR) is 198 cm³/mol. The minimum atomic E-state index is 0.917. The van der Waals surface area contributed by atoms with E-state index in [9.17, 15) is 0 Å². The molecule has 0 unspecified atom stereocenters. The van der Waals surface area contributed by atoms with Gasteiger partial charge in [0.25, 0.3) is 0 Å². The van der Waals surface area contributed by atoms with Crippen LogP contribution in [0, 0.1) is 0 Å². The monoisotopic (exact) mass is 602 g/mol. The smallest absolute Gasteiger partial charge is 0.136 e. The van der Waals surface area contributed by atoms with Crippen LogP contribution in [-0.2, 0) is 0 Å². The summed E-state index contributed by atoms with van der Waals surface area (Å²) in [4.78, 5) is 1.28. The van der Waals surface area contributed by atoms with Crippen molar-refractivity contribution in [2.45, 2.75) is 0 Å². The van der Waals surface area contributed by atoms with E-state index in [-0.39, 0.29) is 0 Å². The van der Waals surface area contributed by atoms with E-state index >= 15 is 0 Å². The van der Waals surface area contributed by atoms with Crippen LogP contribution >= 0.6 is 11.3 Å². The van der Waals surface area contributed by atoms with Crippen molar-refractivity contribution in [3.8, 4) is 32.7 Å². The Balaban J connectivity index is 1.23. The van der Waals surface area contributed by atoms with Gasteiger partial charge in [0, 0.05) is 20.3 Å². The summed E-state index contributed by atoms with van der Waals surface area (Å²) >= 11 is 1.82. The molecule has 0 bridgehead atoms. The van der Waals surface area contributed by atoms with E-state index in [1.54, 1.807) is 0 Å². The summed E-state index contributed by atoms with van der Waals surface area (Å²) in [7, 11) is 0. The first-order valence-electron chi connectivity index (χ1n) is 15.7. The molecule has 0 N–H and O–H groups in total. The predicted octanol–water partition coefficient (Wildman–Crippen LogP) is 13.3. The molecule has 0 fully saturated rings. The van der Waals surface area contributed by atoms with Gasteiger partial charge in [-0.05, 0) is 95.9 Å². The fraction of sp³-hybridized carbons (Fsp3) is 0. The number of fused-ring (bicyclic) bond motifs is 7. The summed E-state index contributed by atoms with van der Waals surface area (Å²) in [6.07, 6.45) is 0. The maximum Gasteiger partial charge on any atom is 0.136 e. The largest absolute Gasteiger partial charge is 0.456 e. The third-order valence-electron chi connectivity index (χ3n) is 9.45. The minimum absolute atomic E-state index is 0.917. The summed E-state index contributed by atoms with van der Waals surface area (Å²) in [5.41, 5.74) is 8.11. The third-order valence-corrected chi connectivity index (χ3v) is 10.6. The molecular formula is C44H26OS. The number of hydrogen-bond acceptors (Lipinski definition) is 2. The molecule has 10 aromatic rings. The van der Waals surface area contributed by atoms with Crippen molar-refractivity contribution >= 4 is 75.7 Å². The maximum atomic E-state index is 6.47. The van der Waals surface area contributed by atoms with E-state index in [4.69, 9.17) is 4.42 Å². The zero-order valence-electron chi connectivity index (χ0n) is 24.8. The maximum absolute atomic E-state index is 6.47. The van der Waals surface area contributed by atoms with Gasteiger partial charge >= 0.3 is 0 Å². The zero-order valence-corrected chi connectivity index (χ0v) is 25.6. The molecule has 2 heteroatoms. The molecule has 8 aromatic carbocycles. The Morgan fingerprint density at radius 2 is 1.00 bits per heavy atom. The highest BCUT2D eigenvalue weighted by Gasteiger charge is 2.19. The summed E-state index contributed by atoms with van der Waals surface area (Å²) in [6, 6.07) is 57.3. The van der Waals surface area contributed by atoms with Gasteiger partial charge in [-0.2, -0.15) is 0 Å². The standard InChI is InChI=1S/C44H26OS/c1-2-12-28(13-3-1)41-25-30-24-38-37-23-29(21-22-39(37)45-40(38)26-42(30)46-41)43-33-16-6-8-18-35(33)44(36-19-9-7-17-34(36)43)32-20-10-14-27-11-4-5-15-31(27)32/h1-26H. The van der Waals surface area contributed by atoms with Crippen molar-refractivity contribution in [2.75, 3.05) is 0 Å². The molecule has 214 valence electrons. The van der Waals surface area contributed by atoms with Gasteiger partial charge in [0.15, 0.2) is 0 Å². The molecule has 0 aliphatic rings. The van der Waals surface area contributed by atoms with Gasteiger partial charge in [-0.25, -0.2) is 0 Å². The number of thiophene rings is 1.